The molecule has 1 aromatic carbocycles. The van der Waals surface area contributed by atoms with Crippen LogP contribution in [0.2, 0.25) is 0 Å². The number of aliphatic hydroxyl groups excluding tert-OH is 1. The fourth-order valence-electron chi connectivity index (χ4n) is 4.41. The van der Waals surface area contributed by atoms with Crippen LogP contribution in [0.3, 0.4) is 0 Å². The summed E-state index contributed by atoms with van der Waals surface area (Å²) in [6.07, 6.45) is 31.8. The van der Waals surface area contributed by atoms with Crippen molar-refractivity contribution in [2.24, 2.45) is 0 Å². The molecule has 1 nitrogen and oxygen atoms in total. The maximum Gasteiger partial charge on any atom is 0.0431 e. The van der Waals surface area contributed by atoms with Gasteiger partial charge in [-0.2, -0.15) is 0 Å². The summed E-state index contributed by atoms with van der Waals surface area (Å²) in [5.41, 5.74) is 1.50. The minimum absolute atomic E-state index is 0.372. The number of rotatable bonds is 23. The molecule has 0 heterocycles. The maximum absolute atomic E-state index is 8.61. The third kappa shape index (κ3) is 27.3. The molecule has 0 amide bonds. The second kappa shape index (κ2) is 29.2. The van der Waals surface area contributed by atoms with Gasteiger partial charge in [0.25, 0.3) is 0 Å². The smallest absolute Gasteiger partial charge is 0.0431 e. The van der Waals surface area contributed by atoms with Gasteiger partial charge < -0.3 is 5.11 Å². The van der Waals surface area contributed by atoms with Crippen LogP contribution >= 0.6 is 0 Å². The van der Waals surface area contributed by atoms with Crippen molar-refractivity contribution in [2.45, 2.75) is 162 Å². The molecule has 0 atom stereocenters. The summed E-state index contributed by atoms with van der Waals surface area (Å²) in [6.45, 7) is 4.93. The van der Waals surface area contributed by atoms with E-state index in [-0.39, 0.29) is 0 Å². The molecule has 0 saturated carbocycles. The molecule has 0 aliphatic rings. The fourth-order valence-corrected chi connectivity index (χ4v) is 4.41. The largest absolute Gasteiger partial charge is 0.396 e. The molecule has 1 aromatic rings. The molecule has 33 heavy (non-hydrogen) atoms. The second-order valence-corrected chi connectivity index (χ2v) is 10.0. The number of benzene rings is 1. The predicted molar refractivity (Wildman–Crippen MR) is 150 cm³/mol. The van der Waals surface area contributed by atoms with E-state index in [4.69, 9.17) is 5.11 Å². The molecule has 0 aliphatic carbocycles. The van der Waals surface area contributed by atoms with Crippen molar-refractivity contribution >= 4 is 0 Å². The molecule has 0 bridgehead atoms. The molecule has 0 aliphatic heterocycles. The van der Waals surface area contributed by atoms with E-state index in [1.54, 1.807) is 0 Å². The molecule has 0 unspecified atom stereocenters. The molecule has 0 radical (unpaired) electrons. The Morgan fingerprint density at radius 1 is 0.424 bits per heavy atom. The van der Waals surface area contributed by atoms with Crippen molar-refractivity contribution in [3.63, 3.8) is 0 Å². The number of hydrogen-bond donors (Lipinski definition) is 1. The Morgan fingerprint density at radius 3 is 1.12 bits per heavy atom. The van der Waals surface area contributed by atoms with E-state index in [0.29, 0.717) is 6.61 Å². The molecule has 1 heteroatoms. The zero-order valence-electron chi connectivity index (χ0n) is 22.8. The van der Waals surface area contributed by atoms with Crippen LogP contribution in [0.5, 0.6) is 0 Å². The van der Waals surface area contributed by atoms with Crippen LogP contribution < -0.4 is 0 Å². The highest BCUT2D eigenvalue weighted by Gasteiger charge is 1.95. The lowest BCUT2D eigenvalue weighted by Crippen LogP contribution is -1.86. The highest BCUT2D eigenvalue weighted by atomic mass is 16.2. The van der Waals surface area contributed by atoms with E-state index in [9.17, 15) is 0 Å². The van der Waals surface area contributed by atoms with Crippen molar-refractivity contribution in [1.82, 2.24) is 0 Å². The number of aryl methyl sites for hydroxylation is 1. The van der Waals surface area contributed by atoms with Crippen LogP contribution in [0.25, 0.3) is 0 Å². The van der Waals surface area contributed by atoms with Crippen LogP contribution in [0.15, 0.2) is 30.3 Å². The van der Waals surface area contributed by atoms with Gasteiger partial charge in [-0.25, -0.2) is 0 Å². The lowest BCUT2D eigenvalue weighted by Gasteiger charge is -2.03. The summed E-state index contributed by atoms with van der Waals surface area (Å²) in [5, 5.41) is 8.61. The summed E-state index contributed by atoms with van der Waals surface area (Å²) >= 11 is 0. The van der Waals surface area contributed by atoms with Crippen molar-refractivity contribution < 1.29 is 5.11 Å². The summed E-state index contributed by atoms with van der Waals surface area (Å²) in [6, 6.07) is 10.9. The molecule has 0 spiro atoms. The van der Waals surface area contributed by atoms with Gasteiger partial charge in [-0.1, -0.05) is 173 Å². The van der Waals surface area contributed by atoms with Crippen molar-refractivity contribution in [3.05, 3.63) is 35.9 Å². The first-order valence-corrected chi connectivity index (χ1v) is 15.0. The Kier molecular flexibility index (Phi) is 28.5. The monoisotopic (exact) mass is 460 g/mol. The molecule has 0 saturated heterocycles. The highest BCUT2D eigenvalue weighted by molar-refractivity contribution is 5.14. The van der Waals surface area contributed by atoms with Gasteiger partial charge >= 0.3 is 0 Å². The topological polar surface area (TPSA) is 20.2 Å². The third-order valence-corrected chi connectivity index (χ3v) is 6.67. The van der Waals surface area contributed by atoms with Crippen molar-refractivity contribution in [1.29, 1.82) is 0 Å². The number of hydrogen-bond acceptors (Lipinski definition) is 1. The Morgan fingerprint density at radius 2 is 0.758 bits per heavy atom. The Hall–Kier alpha value is -0.820. The summed E-state index contributed by atoms with van der Waals surface area (Å²) < 4.78 is 0. The van der Waals surface area contributed by atoms with E-state index in [2.05, 4.69) is 44.2 Å². The molecule has 1 rings (SSSR count). The van der Waals surface area contributed by atoms with Crippen molar-refractivity contribution in [2.75, 3.05) is 6.61 Å². The minimum atomic E-state index is 0.372. The fraction of sp³-hybridized carbons (Fsp3) is 0.812. The van der Waals surface area contributed by atoms with Crippen LogP contribution in [0.4, 0.5) is 0 Å². The van der Waals surface area contributed by atoms with E-state index < -0.39 is 0 Å². The zero-order chi connectivity index (χ0) is 24.1. The molecular formula is C32H60O. The Labute approximate surface area is 209 Å². The Bertz CT molecular complexity index is 429. The average molecular weight is 461 g/mol. The zero-order valence-corrected chi connectivity index (χ0v) is 22.8. The normalized spacial score (nSPS) is 10.8. The van der Waals surface area contributed by atoms with Gasteiger partial charge in [0.2, 0.25) is 0 Å². The second-order valence-electron chi connectivity index (χ2n) is 10.0. The van der Waals surface area contributed by atoms with E-state index >= 15 is 0 Å². The van der Waals surface area contributed by atoms with E-state index in [1.807, 2.05) is 0 Å². The summed E-state index contributed by atoms with van der Waals surface area (Å²) in [5.74, 6) is 0. The summed E-state index contributed by atoms with van der Waals surface area (Å²) in [4.78, 5) is 0. The number of unbranched alkanes of at least 4 members (excludes halogenated alkanes) is 20. The molecule has 0 aromatic heterocycles. The molecule has 194 valence electrons. The molecular weight excluding hydrogens is 400 g/mol. The van der Waals surface area contributed by atoms with E-state index in [0.717, 1.165) is 6.42 Å². The minimum Gasteiger partial charge on any atom is -0.396 e. The first kappa shape index (κ1) is 32.2. The van der Waals surface area contributed by atoms with Crippen molar-refractivity contribution in [3.8, 4) is 0 Å². The maximum atomic E-state index is 8.61. The third-order valence-electron chi connectivity index (χ3n) is 6.67. The van der Waals surface area contributed by atoms with Gasteiger partial charge in [-0.15, -0.1) is 0 Å². The highest BCUT2D eigenvalue weighted by Crippen LogP contribution is 2.13. The quantitative estimate of drug-likeness (QED) is 0.161. The van der Waals surface area contributed by atoms with Gasteiger partial charge in [0.15, 0.2) is 0 Å². The first-order valence-electron chi connectivity index (χ1n) is 15.0. The molecule has 1 N–H and O–H groups in total. The van der Waals surface area contributed by atoms with Crippen LogP contribution in [-0.2, 0) is 6.42 Å². The lowest BCUT2D eigenvalue weighted by molar-refractivity contribution is 0.282. The average Bonchev–Trinajstić information content (AvgIpc) is 2.85. The predicted octanol–water partition coefficient (Wildman–Crippen LogP) is 10.8. The van der Waals surface area contributed by atoms with Gasteiger partial charge in [0.1, 0.15) is 0 Å². The van der Waals surface area contributed by atoms with Crippen LogP contribution in [0.1, 0.15) is 161 Å². The van der Waals surface area contributed by atoms with Gasteiger partial charge in [-0.3, -0.25) is 0 Å². The SMILES string of the molecule is CCCCCCCCCCCCCCO.CCCCCCCCCCCCc1ccccc1. The molecule has 0 fully saturated rings. The van der Waals surface area contributed by atoms with E-state index in [1.165, 1.54) is 147 Å². The number of aliphatic hydroxyl groups is 1. The summed E-state index contributed by atoms with van der Waals surface area (Å²) in [7, 11) is 0. The van der Waals surface area contributed by atoms with Gasteiger partial charge in [-0.05, 0) is 24.8 Å². The van der Waals surface area contributed by atoms with Crippen LogP contribution in [-0.4, -0.2) is 11.7 Å². The lowest BCUT2D eigenvalue weighted by atomic mass is 10.0. The first-order chi connectivity index (χ1) is 16.3. The standard InChI is InChI=1S/C18H30.C14H30O/c1-2-3-4-5-6-7-8-9-10-12-15-18-16-13-11-14-17-18;1-2-3-4-5-6-7-8-9-10-11-12-13-14-15/h11,13-14,16-17H,2-10,12,15H2,1H3;15H,2-14H2,1H3. The van der Waals surface area contributed by atoms with Gasteiger partial charge in [0, 0.05) is 6.61 Å². The van der Waals surface area contributed by atoms with Crippen LogP contribution in [0, 0.1) is 0 Å². The Balaban J connectivity index is 0.000000633. The van der Waals surface area contributed by atoms with Gasteiger partial charge in [0.05, 0.1) is 0 Å².